The molecule has 1 amide bonds. The van der Waals surface area contributed by atoms with Crippen LogP contribution < -0.4 is 5.32 Å². The number of hydrogen-bond acceptors (Lipinski definition) is 3. The van der Waals surface area contributed by atoms with E-state index in [1.165, 1.54) is 16.4 Å². The Kier molecular flexibility index (Phi) is 6.88. The van der Waals surface area contributed by atoms with Gasteiger partial charge in [-0.2, -0.15) is 4.31 Å². The summed E-state index contributed by atoms with van der Waals surface area (Å²) in [5.74, 6) is -0.591. The van der Waals surface area contributed by atoms with Gasteiger partial charge in [0, 0.05) is 26.1 Å². The van der Waals surface area contributed by atoms with Gasteiger partial charge < -0.3 is 5.32 Å². The normalized spacial score (nSPS) is 11.5. The fourth-order valence-corrected chi connectivity index (χ4v) is 3.30. The SMILES string of the molecule is Cc1cccc(CN(CCC(=O)NCc2ccc(F)cc2)S(C)(=O)=O)c1. The van der Waals surface area contributed by atoms with E-state index >= 15 is 0 Å². The van der Waals surface area contributed by atoms with E-state index in [1.54, 1.807) is 12.1 Å². The second-order valence-corrected chi connectivity index (χ2v) is 8.22. The van der Waals surface area contributed by atoms with Crippen molar-refractivity contribution in [3.63, 3.8) is 0 Å². The fraction of sp³-hybridized carbons (Fsp3) is 0.316. The van der Waals surface area contributed by atoms with E-state index in [1.807, 2.05) is 31.2 Å². The zero-order chi connectivity index (χ0) is 19.2. The highest BCUT2D eigenvalue weighted by atomic mass is 32.2. The fourth-order valence-electron chi connectivity index (χ4n) is 2.49. The third-order valence-electron chi connectivity index (χ3n) is 3.90. The summed E-state index contributed by atoms with van der Waals surface area (Å²) in [6.07, 6.45) is 1.19. The van der Waals surface area contributed by atoms with Gasteiger partial charge in [0.25, 0.3) is 0 Å². The summed E-state index contributed by atoms with van der Waals surface area (Å²) in [6, 6.07) is 13.4. The first-order valence-electron chi connectivity index (χ1n) is 8.26. The quantitative estimate of drug-likeness (QED) is 0.768. The summed E-state index contributed by atoms with van der Waals surface area (Å²) in [6.45, 7) is 2.54. The zero-order valence-electron chi connectivity index (χ0n) is 14.9. The molecule has 0 aromatic heterocycles. The first kappa shape index (κ1) is 20.1. The Hall–Kier alpha value is -2.25. The summed E-state index contributed by atoms with van der Waals surface area (Å²) in [7, 11) is -3.43. The number of aryl methyl sites for hydroxylation is 1. The Morgan fingerprint density at radius 1 is 1.12 bits per heavy atom. The van der Waals surface area contributed by atoms with Crippen LogP contribution in [-0.2, 0) is 27.9 Å². The van der Waals surface area contributed by atoms with E-state index in [-0.39, 0.29) is 37.8 Å². The lowest BCUT2D eigenvalue weighted by Crippen LogP contribution is -2.34. The predicted molar refractivity (Wildman–Crippen MR) is 99.3 cm³/mol. The largest absolute Gasteiger partial charge is 0.352 e. The molecule has 0 atom stereocenters. The molecule has 0 fully saturated rings. The van der Waals surface area contributed by atoms with Crippen LogP contribution in [0.5, 0.6) is 0 Å². The second-order valence-electron chi connectivity index (χ2n) is 6.24. The summed E-state index contributed by atoms with van der Waals surface area (Å²) in [5.41, 5.74) is 2.70. The van der Waals surface area contributed by atoms with Crippen molar-refractivity contribution in [1.29, 1.82) is 0 Å². The molecule has 2 aromatic carbocycles. The van der Waals surface area contributed by atoms with Gasteiger partial charge in [-0.3, -0.25) is 4.79 Å². The minimum atomic E-state index is -3.43. The Morgan fingerprint density at radius 3 is 2.42 bits per heavy atom. The number of hydrogen-bond donors (Lipinski definition) is 1. The van der Waals surface area contributed by atoms with Crippen LogP contribution in [0.1, 0.15) is 23.1 Å². The summed E-state index contributed by atoms with van der Waals surface area (Å²) >= 11 is 0. The van der Waals surface area contributed by atoms with E-state index in [2.05, 4.69) is 5.32 Å². The minimum Gasteiger partial charge on any atom is -0.352 e. The number of rotatable bonds is 8. The predicted octanol–water partition coefficient (Wildman–Crippen LogP) is 2.60. The highest BCUT2D eigenvalue weighted by Crippen LogP contribution is 2.11. The minimum absolute atomic E-state index is 0.0556. The van der Waals surface area contributed by atoms with Crippen molar-refractivity contribution in [3.05, 3.63) is 71.0 Å². The van der Waals surface area contributed by atoms with Crippen LogP contribution in [0.15, 0.2) is 48.5 Å². The van der Waals surface area contributed by atoms with E-state index in [0.29, 0.717) is 0 Å². The van der Waals surface area contributed by atoms with Gasteiger partial charge >= 0.3 is 0 Å². The molecular formula is C19H23FN2O3S. The highest BCUT2D eigenvalue weighted by molar-refractivity contribution is 7.88. The van der Waals surface area contributed by atoms with Crippen LogP contribution >= 0.6 is 0 Å². The number of carbonyl (C=O) groups is 1. The van der Waals surface area contributed by atoms with E-state index < -0.39 is 10.0 Å². The van der Waals surface area contributed by atoms with Crippen LogP contribution in [-0.4, -0.2) is 31.4 Å². The van der Waals surface area contributed by atoms with Crippen molar-refractivity contribution >= 4 is 15.9 Å². The lowest BCUT2D eigenvalue weighted by molar-refractivity contribution is -0.121. The molecule has 0 heterocycles. The molecule has 0 aliphatic carbocycles. The number of nitrogens with zero attached hydrogens (tertiary/aromatic N) is 1. The average molecular weight is 378 g/mol. The topological polar surface area (TPSA) is 66.5 Å². The van der Waals surface area contributed by atoms with Gasteiger partial charge in [-0.05, 0) is 30.2 Å². The van der Waals surface area contributed by atoms with E-state index in [9.17, 15) is 17.6 Å². The number of sulfonamides is 1. The molecule has 0 radical (unpaired) electrons. The lowest BCUT2D eigenvalue weighted by Gasteiger charge is -2.20. The number of halogens is 1. The van der Waals surface area contributed by atoms with Crippen molar-refractivity contribution in [3.8, 4) is 0 Å². The number of nitrogens with one attached hydrogen (secondary N) is 1. The summed E-state index contributed by atoms with van der Waals surface area (Å²) in [5, 5.41) is 2.72. The maximum Gasteiger partial charge on any atom is 0.221 e. The van der Waals surface area contributed by atoms with Crippen molar-refractivity contribution in [2.24, 2.45) is 0 Å². The van der Waals surface area contributed by atoms with E-state index in [0.717, 1.165) is 22.9 Å². The Bertz CT molecular complexity index is 851. The molecule has 2 aromatic rings. The molecule has 26 heavy (non-hydrogen) atoms. The Balaban J connectivity index is 1.90. The molecule has 2 rings (SSSR count). The molecule has 0 saturated heterocycles. The molecule has 0 aliphatic heterocycles. The third-order valence-corrected chi connectivity index (χ3v) is 5.15. The molecule has 7 heteroatoms. The smallest absolute Gasteiger partial charge is 0.221 e. The molecule has 0 spiro atoms. The van der Waals surface area contributed by atoms with Gasteiger partial charge in [0.1, 0.15) is 5.82 Å². The highest BCUT2D eigenvalue weighted by Gasteiger charge is 2.18. The van der Waals surface area contributed by atoms with Crippen LogP contribution in [0.25, 0.3) is 0 Å². The monoisotopic (exact) mass is 378 g/mol. The van der Waals surface area contributed by atoms with Gasteiger partial charge in [-0.15, -0.1) is 0 Å². The van der Waals surface area contributed by atoms with Crippen LogP contribution in [0.4, 0.5) is 4.39 Å². The number of carbonyl (C=O) groups excluding carboxylic acids is 1. The molecule has 0 saturated carbocycles. The molecule has 0 bridgehead atoms. The molecule has 140 valence electrons. The van der Waals surface area contributed by atoms with Crippen molar-refractivity contribution in [2.45, 2.75) is 26.4 Å². The maximum absolute atomic E-state index is 12.9. The van der Waals surface area contributed by atoms with Crippen LogP contribution in [0.2, 0.25) is 0 Å². The summed E-state index contributed by atoms with van der Waals surface area (Å²) in [4.78, 5) is 12.0. The lowest BCUT2D eigenvalue weighted by atomic mass is 10.1. The third kappa shape index (κ3) is 6.57. The molecule has 0 unspecified atom stereocenters. The van der Waals surface area contributed by atoms with Crippen molar-refractivity contribution in [2.75, 3.05) is 12.8 Å². The van der Waals surface area contributed by atoms with Crippen LogP contribution in [0.3, 0.4) is 0 Å². The van der Waals surface area contributed by atoms with Gasteiger partial charge in [-0.25, -0.2) is 12.8 Å². The second kappa shape index (κ2) is 8.91. The molecule has 5 nitrogen and oxygen atoms in total. The molecule has 0 aliphatic rings. The first-order valence-corrected chi connectivity index (χ1v) is 10.1. The number of amides is 1. The molecular weight excluding hydrogens is 355 g/mol. The van der Waals surface area contributed by atoms with Gasteiger partial charge in [0.15, 0.2) is 0 Å². The zero-order valence-corrected chi connectivity index (χ0v) is 15.7. The van der Waals surface area contributed by atoms with Gasteiger partial charge in [-0.1, -0.05) is 42.0 Å². The molecule has 1 N–H and O–H groups in total. The Morgan fingerprint density at radius 2 is 1.81 bits per heavy atom. The van der Waals surface area contributed by atoms with Gasteiger partial charge in [0.05, 0.1) is 6.26 Å². The first-order chi connectivity index (χ1) is 12.2. The van der Waals surface area contributed by atoms with Gasteiger partial charge in [0.2, 0.25) is 15.9 Å². The maximum atomic E-state index is 12.9. The summed E-state index contributed by atoms with van der Waals surface area (Å²) < 4.78 is 38.2. The van der Waals surface area contributed by atoms with E-state index in [4.69, 9.17) is 0 Å². The van der Waals surface area contributed by atoms with Crippen molar-refractivity contribution < 1.29 is 17.6 Å². The van der Waals surface area contributed by atoms with Crippen LogP contribution in [0, 0.1) is 12.7 Å². The Labute approximate surface area is 153 Å². The number of benzene rings is 2. The average Bonchev–Trinajstić information content (AvgIpc) is 2.57. The van der Waals surface area contributed by atoms with Crippen molar-refractivity contribution in [1.82, 2.24) is 9.62 Å². The standard InChI is InChI=1S/C19H23FN2O3S/c1-15-4-3-5-17(12-15)14-22(26(2,24)25)11-10-19(23)21-13-16-6-8-18(20)9-7-16/h3-9,12H,10-11,13-14H2,1-2H3,(H,21,23).